The van der Waals surface area contributed by atoms with Gasteiger partial charge in [-0.2, -0.15) is 0 Å². The fraction of sp³-hybridized carbons (Fsp3) is 0.200. The first-order valence-electron chi connectivity index (χ1n) is 13.0. The van der Waals surface area contributed by atoms with Gasteiger partial charge in [0.2, 0.25) is 0 Å². The normalized spacial score (nSPS) is 14.2. The number of anilines is 1. The zero-order chi connectivity index (χ0) is 27.1. The highest BCUT2D eigenvalue weighted by Gasteiger charge is 2.23. The second-order valence-electron chi connectivity index (χ2n) is 9.74. The van der Waals surface area contributed by atoms with E-state index >= 15 is 0 Å². The minimum Gasteiger partial charge on any atom is -0.396 e. The molecule has 4 N–H and O–H groups in total. The lowest BCUT2D eigenvalue weighted by molar-refractivity contribution is 0.0643. The predicted molar refractivity (Wildman–Crippen MR) is 152 cm³/mol. The summed E-state index contributed by atoms with van der Waals surface area (Å²) in [5.74, 6) is -0.169. The number of ketones is 1. The number of likely N-dealkylation sites (N-methyl/N-ethyl adjacent to an activating group) is 1. The Balaban J connectivity index is 1.35. The van der Waals surface area contributed by atoms with Crippen molar-refractivity contribution in [3.63, 3.8) is 0 Å². The highest BCUT2D eigenvalue weighted by Crippen LogP contribution is 2.32. The predicted octanol–water partition coefficient (Wildman–Crippen LogP) is 3.66. The molecule has 0 spiro atoms. The maximum Gasteiger partial charge on any atom is 0.276 e. The molecule has 5 aromatic rings. The SMILES string of the molecule is CCN1CCN(C(=O)c2ccc3[nH]c(-c4nc5cc(C(=O)c6ccccc6)ccc5[nH]c4=O)c(N)c3c2)CC1. The van der Waals surface area contributed by atoms with Crippen LogP contribution in [0, 0.1) is 0 Å². The van der Waals surface area contributed by atoms with Gasteiger partial charge in [-0.25, -0.2) is 4.98 Å². The van der Waals surface area contributed by atoms with E-state index in [1.54, 1.807) is 48.5 Å². The first-order chi connectivity index (χ1) is 18.9. The average Bonchev–Trinajstić information content (AvgIpc) is 3.31. The van der Waals surface area contributed by atoms with Gasteiger partial charge in [0.25, 0.3) is 11.5 Å². The van der Waals surface area contributed by atoms with Crippen molar-refractivity contribution < 1.29 is 9.59 Å². The summed E-state index contributed by atoms with van der Waals surface area (Å²) < 4.78 is 0. The molecule has 1 saturated heterocycles. The van der Waals surface area contributed by atoms with Crippen molar-refractivity contribution in [1.82, 2.24) is 24.8 Å². The molecule has 196 valence electrons. The molecule has 39 heavy (non-hydrogen) atoms. The molecule has 0 atom stereocenters. The quantitative estimate of drug-likeness (QED) is 0.304. The third kappa shape index (κ3) is 4.46. The maximum absolute atomic E-state index is 13.2. The van der Waals surface area contributed by atoms with Crippen LogP contribution in [-0.2, 0) is 0 Å². The van der Waals surface area contributed by atoms with Crippen LogP contribution in [0.1, 0.15) is 33.2 Å². The van der Waals surface area contributed by atoms with E-state index in [2.05, 4.69) is 26.8 Å². The van der Waals surface area contributed by atoms with Gasteiger partial charge in [-0.15, -0.1) is 0 Å². The summed E-state index contributed by atoms with van der Waals surface area (Å²) in [5.41, 5.74) is 10.2. The second-order valence-corrected chi connectivity index (χ2v) is 9.74. The van der Waals surface area contributed by atoms with Gasteiger partial charge < -0.3 is 25.5 Å². The Morgan fingerprint density at radius 2 is 1.59 bits per heavy atom. The molecule has 3 heterocycles. The summed E-state index contributed by atoms with van der Waals surface area (Å²) in [6, 6.07) is 19.4. The standard InChI is InChI=1S/C30H28N6O3/c1-2-35-12-14-36(15-13-35)30(39)20-9-10-22-21(16-20)25(31)26(32-22)27-29(38)34-23-11-8-19(17-24(23)33-27)28(37)18-6-4-3-5-7-18/h3-11,16-17,32H,2,12-15,31H2,1H3,(H,34,38). The van der Waals surface area contributed by atoms with Crippen molar-refractivity contribution >= 4 is 39.3 Å². The number of H-pyrrole nitrogens is 2. The average molecular weight is 521 g/mol. The van der Waals surface area contributed by atoms with Crippen molar-refractivity contribution in [3.05, 3.63) is 93.8 Å². The summed E-state index contributed by atoms with van der Waals surface area (Å²) in [6.45, 7) is 6.18. The fourth-order valence-electron chi connectivity index (χ4n) is 5.13. The molecule has 1 aliphatic heterocycles. The summed E-state index contributed by atoms with van der Waals surface area (Å²) in [4.78, 5) is 54.0. The number of amides is 1. The van der Waals surface area contributed by atoms with Gasteiger partial charge in [0.05, 0.1) is 22.4 Å². The molecule has 0 aliphatic carbocycles. The van der Waals surface area contributed by atoms with Crippen LogP contribution in [0.25, 0.3) is 33.3 Å². The third-order valence-electron chi connectivity index (χ3n) is 7.42. The molecule has 0 unspecified atom stereocenters. The molecule has 0 bridgehead atoms. The van der Waals surface area contributed by atoms with Crippen LogP contribution in [0.15, 0.2) is 71.5 Å². The van der Waals surface area contributed by atoms with Crippen molar-refractivity contribution in [2.24, 2.45) is 0 Å². The Morgan fingerprint density at radius 1 is 0.872 bits per heavy atom. The first kappa shape index (κ1) is 24.6. The lowest BCUT2D eigenvalue weighted by Gasteiger charge is -2.34. The van der Waals surface area contributed by atoms with E-state index < -0.39 is 5.56 Å². The third-order valence-corrected chi connectivity index (χ3v) is 7.42. The number of nitrogens with zero attached hydrogens (tertiary/aromatic N) is 3. The van der Waals surface area contributed by atoms with E-state index in [1.165, 1.54) is 0 Å². The van der Waals surface area contributed by atoms with Gasteiger partial charge in [0.15, 0.2) is 11.5 Å². The Labute approximate surface area is 224 Å². The smallest absolute Gasteiger partial charge is 0.276 e. The summed E-state index contributed by atoms with van der Waals surface area (Å²) >= 11 is 0. The largest absolute Gasteiger partial charge is 0.396 e. The van der Waals surface area contributed by atoms with Crippen LogP contribution < -0.4 is 11.3 Å². The molecule has 0 radical (unpaired) electrons. The Hall–Kier alpha value is -4.76. The van der Waals surface area contributed by atoms with Crippen LogP contribution in [0.4, 0.5) is 5.69 Å². The van der Waals surface area contributed by atoms with Gasteiger partial charge in [0, 0.05) is 53.8 Å². The number of aromatic amines is 2. The number of aromatic nitrogens is 3. The number of nitrogen functional groups attached to an aromatic ring is 1. The van der Waals surface area contributed by atoms with Gasteiger partial charge in [-0.1, -0.05) is 37.3 Å². The van der Waals surface area contributed by atoms with E-state index in [0.29, 0.717) is 63.1 Å². The molecule has 1 amide bonds. The van der Waals surface area contributed by atoms with Crippen LogP contribution >= 0.6 is 0 Å². The van der Waals surface area contributed by atoms with Crippen LogP contribution in [0.5, 0.6) is 0 Å². The number of fused-ring (bicyclic) bond motifs is 2. The van der Waals surface area contributed by atoms with Crippen LogP contribution in [-0.4, -0.2) is 69.2 Å². The fourth-order valence-corrected chi connectivity index (χ4v) is 5.13. The molecular formula is C30H28N6O3. The molecule has 2 aromatic heterocycles. The van der Waals surface area contributed by atoms with E-state index in [4.69, 9.17) is 5.73 Å². The summed E-state index contributed by atoms with van der Waals surface area (Å²) in [6.07, 6.45) is 0. The molecule has 0 saturated carbocycles. The molecule has 3 aromatic carbocycles. The van der Waals surface area contributed by atoms with Crippen molar-refractivity contribution in [2.75, 3.05) is 38.5 Å². The number of carbonyl (C=O) groups is 2. The minimum absolute atomic E-state index is 0.0351. The number of carbonyl (C=O) groups excluding carboxylic acids is 2. The van der Waals surface area contributed by atoms with Gasteiger partial charge in [-0.05, 0) is 42.9 Å². The Kier molecular flexibility index (Phi) is 6.20. The monoisotopic (exact) mass is 520 g/mol. The van der Waals surface area contributed by atoms with E-state index in [0.717, 1.165) is 19.6 Å². The molecule has 9 heteroatoms. The lowest BCUT2D eigenvalue weighted by Crippen LogP contribution is -2.48. The number of hydrogen-bond donors (Lipinski definition) is 3. The first-order valence-corrected chi connectivity index (χ1v) is 13.0. The van der Waals surface area contributed by atoms with Crippen LogP contribution in [0.2, 0.25) is 0 Å². The molecular weight excluding hydrogens is 492 g/mol. The lowest BCUT2D eigenvalue weighted by atomic mass is 10.0. The number of rotatable bonds is 5. The Morgan fingerprint density at radius 3 is 2.33 bits per heavy atom. The van der Waals surface area contributed by atoms with Crippen LogP contribution in [0.3, 0.4) is 0 Å². The van der Waals surface area contributed by atoms with Gasteiger partial charge >= 0.3 is 0 Å². The van der Waals surface area contributed by atoms with Gasteiger partial charge in [0.1, 0.15) is 0 Å². The van der Waals surface area contributed by atoms with Crippen molar-refractivity contribution in [3.8, 4) is 11.4 Å². The molecule has 9 nitrogen and oxygen atoms in total. The highest BCUT2D eigenvalue weighted by molar-refractivity contribution is 6.10. The van der Waals surface area contributed by atoms with E-state index in [9.17, 15) is 14.4 Å². The minimum atomic E-state index is -0.409. The zero-order valence-electron chi connectivity index (χ0n) is 21.5. The molecule has 6 rings (SSSR count). The Bertz CT molecular complexity index is 1780. The zero-order valence-corrected chi connectivity index (χ0v) is 21.5. The number of nitrogens with two attached hydrogens (primary N) is 1. The summed E-state index contributed by atoms with van der Waals surface area (Å²) in [7, 11) is 0. The number of hydrogen-bond acceptors (Lipinski definition) is 6. The number of nitrogens with one attached hydrogen (secondary N) is 2. The molecule has 1 aliphatic rings. The maximum atomic E-state index is 13.2. The topological polar surface area (TPSA) is 128 Å². The highest BCUT2D eigenvalue weighted by atomic mass is 16.2. The van der Waals surface area contributed by atoms with E-state index in [-0.39, 0.29) is 17.4 Å². The second kappa shape index (κ2) is 9.85. The van der Waals surface area contributed by atoms with Gasteiger partial charge in [-0.3, -0.25) is 14.4 Å². The number of piperazine rings is 1. The molecule has 1 fully saturated rings. The number of benzene rings is 3. The van der Waals surface area contributed by atoms with E-state index in [1.807, 2.05) is 23.1 Å². The van der Waals surface area contributed by atoms with Crippen molar-refractivity contribution in [2.45, 2.75) is 6.92 Å². The van der Waals surface area contributed by atoms with Crippen molar-refractivity contribution in [1.29, 1.82) is 0 Å². The summed E-state index contributed by atoms with van der Waals surface area (Å²) in [5, 5.41) is 0.650.